The monoisotopic (exact) mass is 449 g/mol. The van der Waals surface area contributed by atoms with Gasteiger partial charge in [0.15, 0.2) is 11.5 Å². The van der Waals surface area contributed by atoms with Gasteiger partial charge in [-0.2, -0.15) is 0 Å². The van der Waals surface area contributed by atoms with Crippen LogP contribution < -0.4 is 14.7 Å². The highest BCUT2D eigenvalue weighted by Gasteiger charge is 2.44. The number of benzene rings is 2. The van der Waals surface area contributed by atoms with Crippen LogP contribution in [0.25, 0.3) is 0 Å². The lowest BCUT2D eigenvalue weighted by Gasteiger charge is -2.28. The Kier molecular flexibility index (Phi) is 7.46. The predicted octanol–water partition coefficient (Wildman–Crippen LogP) is 5.11. The molecule has 2 aromatic carbocycles. The molecule has 1 amide bonds. The van der Waals surface area contributed by atoms with Crippen LogP contribution in [0.5, 0.6) is 0 Å². The molecule has 0 bridgehead atoms. The van der Waals surface area contributed by atoms with Crippen LogP contribution in [0.1, 0.15) is 45.7 Å². The zero-order chi connectivity index (χ0) is 24.3. The smallest absolute Gasteiger partial charge is 0.294 e. The summed E-state index contributed by atoms with van der Waals surface area (Å²) in [7, 11) is 3.92. The van der Waals surface area contributed by atoms with Gasteiger partial charge in [-0.3, -0.25) is 14.5 Å². The van der Waals surface area contributed by atoms with Crippen molar-refractivity contribution in [1.29, 1.82) is 0 Å². The molecule has 1 N–H and O–H groups in total. The van der Waals surface area contributed by atoms with E-state index < -0.39 is 17.7 Å². The van der Waals surface area contributed by atoms with Gasteiger partial charge >= 0.3 is 0 Å². The standard InChI is InChI=1S/C27H35N3O3/c1-7-29(8-2)21-13-15-22(16-14-21)30-25(19-9-11-20(12-10-19)28(5)6)24(26(32)27(30)33)23(31)17-18(3)4/h9-16,18,25,32H,7-8,17H2,1-6H3. The van der Waals surface area contributed by atoms with E-state index in [0.717, 1.165) is 30.0 Å². The Morgan fingerprint density at radius 1 is 0.970 bits per heavy atom. The Bertz CT molecular complexity index is 1020. The van der Waals surface area contributed by atoms with Crippen molar-refractivity contribution in [1.82, 2.24) is 0 Å². The van der Waals surface area contributed by atoms with Crippen molar-refractivity contribution in [2.75, 3.05) is 41.9 Å². The summed E-state index contributed by atoms with van der Waals surface area (Å²) in [6.45, 7) is 9.88. The lowest BCUT2D eigenvalue weighted by atomic mass is 9.92. The second kappa shape index (κ2) is 10.1. The minimum atomic E-state index is -0.667. The van der Waals surface area contributed by atoms with Crippen LogP contribution in [0.4, 0.5) is 17.1 Å². The number of ketones is 1. The Hall–Kier alpha value is -3.28. The fraction of sp³-hybridized carbons (Fsp3) is 0.407. The summed E-state index contributed by atoms with van der Waals surface area (Å²) >= 11 is 0. The highest BCUT2D eigenvalue weighted by Crippen LogP contribution is 2.42. The Balaban J connectivity index is 2.08. The number of carbonyl (C=O) groups is 2. The molecule has 0 radical (unpaired) electrons. The van der Waals surface area contributed by atoms with E-state index in [-0.39, 0.29) is 23.7 Å². The van der Waals surface area contributed by atoms with Gasteiger partial charge in [0.05, 0.1) is 11.6 Å². The van der Waals surface area contributed by atoms with Crippen molar-refractivity contribution in [2.45, 2.75) is 40.2 Å². The van der Waals surface area contributed by atoms with Crippen molar-refractivity contribution >= 4 is 28.8 Å². The number of aliphatic hydroxyl groups is 1. The molecule has 0 aromatic heterocycles. The third-order valence-corrected chi connectivity index (χ3v) is 6.08. The Labute approximate surface area is 197 Å². The molecule has 0 saturated carbocycles. The summed E-state index contributed by atoms with van der Waals surface area (Å²) in [6.07, 6.45) is 0.272. The number of Topliss-reactive ketones (excluding diaryl/α,β-unsaturated/α-hetero) is 1. The van der Waals surface area contributed by atoms with Gasteiger partial charge in [0.1, 0.15) is 0 Å². The first-order chi connectivity index (χ1) is 15.7. The first-order valence-electron chi connectivity index (χ1n) is 11.6. The third-order valence-electron chi connectivity index (χ3n) is 6.08. The average Bonchev–Trinajstić information content (AvgIpc) is 3.05. The lowest BCUT2D eigenvalue weighted by Crippen LogP contribution is -2.31. The molecule has 3 rings (SSSR count). The molecule has 1 unspecified atom stereocenters. The zero-order valence-electron chi connectivity index (χ0n) is 20.5. The minimum absolute atomic E-state index is 0.118. The number of carbonyl (C=O) groups excluding carboxylic acids is 2. The number of amides is 1. The van der Waals surface area contributed by atoms with Crippen LogP contribution in [0.3, 0.4) is 0 Å². The van der Waals surface area contributed by atoms with Crippen LogP contribution in [0.2, 0.25) is 0 Å². The van der Waals surface area contributed by atoms with Crippen LogP contribution in [0.15, 0.2) is 59.9 Å². The first-order valence-corrected chi connectivity index (χ1v) is 11.6. The summed E-state index contributed by atoms with van der Waals surface area (Å²) in [6, 6.07) is 14.8. The quantitative estimate of drug-likeness (QED) is 0.576. The van der Waals surface area contributed by atoms with E-state index in [0.29, 0.717) is 5.69 Å². The maximum atomic E-state index is 13.2. The van der Waals surface area contributed by atoms with Gasteiger partial charge in [0.2, 0.25) is 0 Å². The van der Waals surface area contributed by atoms with Gasteiger partial charge in [-0.15, -0.1) is 0 Å². The topological polar surface area (TPSA) is 64.1 Å². The molecule has 0 saturated heterocycles. The molecular weight excluding hydrogens is 414 g/mol. The molecule has 1 heterocycles. The molecule has 0 fully saturated rings. The number of hydrogen-bond donors (Lipinski definition) is 1. The predicted molar refractivity (Wildman–Crippen MR) is 135 cm³/mol. The van der Waals surface area contributed by atoms with E-state index in [9.17, 15) is 14.7 Å². The van der Waals surface area contributed by atoms with E-state index in [1.807, 2.05) is 81.4 Å². The SMILES string of the molecule is CCN(CC)c1ccc(N2C(=O)C(O)=C(C(=O)CC(C)C)C2c2ccc(N(C)C)cc2)cc1. The van der Waals surface area contributed by atoms with E-state index >= 15 is 0 Å². The van der Waals surface area contributed by atoms with Crippen LogP contribution in [-0.4, -0.2) is 44.0 Å². The normalized spacial score (nSPS) is 16.0. The van der Waals surface area contributed by atoms with Crippen LogP contribution in [-0.2, 0) is 9.59 Å². The van der Waals surface area contributed by atoms with Gasteiger partial charge in [-0.1, -0.05) is 26.0 Å². The van der Waals surface area contributed by atoms with E-state index in [1.165, 1.54) is 0 Å². The molecule has 0 spiro atoms. The maximum absolute atomic E-state index is 13.2. The molecule has 2 aromatic rings. The maximum Gasteiger partial charge on any atom is 0.294 e. The van der Waals surface area contributed by atoms with Crippen LogP contribution >= 0.6 is 0 Å². The summed E-state index contributed by atoms with van der Waals surface area (Å²) in [4.78, 5) is 32.2. The van der Waals surface area contributed by atoms with Crippen molar-refractivity contribution in [3.8, 4) is 0 Å². The zero-order valence-corrected chi connectivity index (χ0v) is 20.5. The highest BCUT2D eigenvalue weighted by molar-refractivity contribution is 6.16. The molecule has 1 atom stereocenters. The fourth-order valence-electron chi connectivity index (χ4n) is 4.32. The summed E-state index contributed by atoms with van der Waals surface area (Å²) in [5.74, 6) is -1.07. The van der Waals surface area contributed by atoms with Crippen molar-refractivity contribution in [3.63, 3.8) is 0 Å². The molecule has 6 nitrogen and oxygen atoms in total. The van der Waals surface area contributed by atoms with E-state index in [2.05, 4.69) is 18.7 Å². The third kappa shape index (κ3) is 4.90. The van der Waals surface area contributed by atoms with Gasteiger partial charge < -0.3 is 14.9 Å². The fourth-order valence-corrected chi connectivity index (χ4v) is 4.32. The minimum Gasteiger partial charge on any atom is -0.503 e. The van der Waals surface area contributed by atoms with Gasteiger partial charge in [-0.05, 0) is 61.7 Å². The lowest BCUT2D eigenvalue weighted by molar-refractivity contribution is -0.118. The first kappa shape index (κ1) is 24.4. The molecular formula is C27H35N3O3. The second-order valence-electron chi connectivity index (χ2n) is 9.04. The molecule has 176 valence electrons. The molecule has 33 heavy (non-hydrogen) atoms. The molecule has 1 aliphatic rings. The summed E-state index contributed by atoms with van der Waals surface area (Å²) in [5, 5.41) is 10.8. The van der Waals surface area contributed by atoms with Gasteiger partial charge in [-0.25, -0.2) is 0 Å². The second-order valence-corrected chi connectivity index (χ2v) is 9.04. The van der Waals surface area contributed by atoms with Gasteiger partial charge in [0.25, 0.3) is 5.91 Å². The largest absolute Gasteiger partial charge is 0.503 e. The summed E-state index contributed by atoms with van der Waals surface area (Å²) in [5.41, 5.74) is 3.70. The number of rotatable bonds is 9. The Morgan fingerprint density at radius 2 is 1.52 bits per heavy atom. The highest BCUT2D eigenvalue weighted by atomic mass is 16.3. The number of nitrogens with zero attached hydrogens (tertiary/aromatic N) is 3. The molecule has 0 aliphatic carbocycles. The van der Waals surface area contributed by atoms with Crippen molar-refractivity contribution < 1.29 is 14.7 Å². The van der Waals surface area contributed by atoms with Crippen LogP contribution in [0, 0.1) is 5.92 Å². The average molecular weight is 450 g/mol. The van der Waals surface area contributed by atoms with Crippen molar-refractivity contribution in [2.24, 2.45) is 5.92 Å². The van der Waals surface area contributed by atoms with Crippen molar-refractivity contribution in [3.05, 3.63) is 65.4 Å². The number of anilines is 3. The number of hydrogen-bond acceptors (Lipinski definition) is 5. The Morgan fingerprint density at radius 3 is 2.00 bits per heavy atom. The number of aliphatic hydroxyl groups excluding tert-OH is 1. The van der Waals surface area contributed by atoms with Gasteiger partial charge in [0, 0.05) is 50.7 Å². The van der Waals surface area contributed by atoms with E-state index in [1.54, 1.807) is 4.90 Å². The molecule has 1 aliphatic heterocycles. The summed E-state index contributed by atoms with van der Waals surface area (Å²) < 4.78 is 0. The van der Waals surface area contributed by atoms with E-state index in [4.69, 9.17) is 0 Å². The molecule has 6 heteroatoms.